The molecule has 0 radical (unpaired) electrons. The lowest BCUT2D eigenvalue weighted by atomic mass is 10.1. The van der Waals surface area contributed by atoms with E-state index < -0.39 is 0 Å². The van der Waals surface area contributed by atoms with Gasteiger partial charge in [0, 0.05) is 21.1 Å². The van der Waals surface area contributed by atoms with Crippen LogP contribution in [0.15, 0.2) is 86.7 Å². The molecule has 0 bridgehead atoms. The molecular formula is C20H14Br2N2. The summed E-state index contributed by atoms with van der Waals surface area (Å²) in [5.41, 5.74) is 4.49. The van der Waals surface area contributed by atoms with Gasteiger partial charge in [0.15, 0.2) is 0 Å². The summed E-state index contributed by atoms with van der Waals surface area (Å²) in [6.07, 6.45) is 0.823. The maximum Gasteiger partial charge on any atom is 0.118 e. The molecule has 0 spiro atoms. The van der Waals surface area contributed by atoms with Crippen LogP contribution in [-0.4, -0.2) is 5.84 Å². The zero-order valence-corrected chi connectivity index (χ0v) is 16.0. The van der Waals surface area contributed by atoms with Gasteiger partial charge in [0.25, 0.3) is 0 Å². The Bertz CT molecular complexity index is 920. The number of nitrogens with zero attached hydrogens (tertiary/aromatic N) is 2. The number of benzene rings is 3. The van der Waals surface area contributed by atoms with E-state index in [4.69, 9.17) is 4.99 Å². The minimum atomic E-state index is 0.823. The van der Waals surface area contributed by atoms with Crippen LogP contribution in [0, 0.1) is 0 Å². The second-order valence-corrected chi connectivity index (χ2v) is 7.37. The number of hydrogen-bond acceptors (Lipinski definition) is 2. The van der Waals surface area contributed by atoms with Gasteiger partial charge >= 0.3 is 0 Å². The Balaban J connectivity index is 1.86. The third-order valence-electron chi connectivity index (χ3n) is 4.01. The van der Waals surface area contributed by atoms with Crippen molar-refractivity contribution in [3.05, 3.63) is 87.3 Å². The molecule has 0 unspecified atom stereocenters. The summed E-state index contributed by atoms with van der Waals surface area (Å²) < 4.78 is 2.07. The quantitative estimate of drug-likeness (QED) is 0.435. The van der Waals surface area contributed by atoms with E-state index in [-0.39, 0.29) is 0 Å². The first-order chi connectivity index (χ1) is 11.7. The van der Waals surface area contributed by atoms with Crippen molar-refractivity contribution in [2.24, 2.45) is 4.99 Å². The van der Waals surface area contributed by atoms with Crippen LogP contribution in [0.4, 0.5) is 17.1 Å². The van der Waals surface area contributed by atoms with Crippen molar-refractivity contribution in [2.75, 3.05) is 4.90 Å². The molecule has 0 amide bonds. The minimum Gasteiger partial charge on any atom is -0.297 e. The molecule has 4 heteroatoms. The van der Waals surface area contributed by atoms with Gasteiger partial charge in [-0.1, -0.05) is 52.3 Å². The summed E-state index contributed by atoms with van der Waals surface area (Å²) >= 11 is 7.28. The van der Waals surface area contributed by atoms with Crippen LogP contribution in [0.2, 0.25) is 0 Å². The van der Waals surface area contributed by atoms with Crippen molar-refractivity contribution in [3.63, 3.8) is 0 Å². The molecule has 2 nitrogen and oxygen atoms in total. The summed E-state index contributed by atoms with van der Waals surface area (Å²) in [4.78, 5) is 7.10. The summed E-state index contributed by atoms with van der Waals surface area (Å²) in [6, 6.07) is 24.9. The Kier molecular flexibility index (Phi) is 4.25. The highest BCUT2D eigenvalue weighted by Gasteiger charge is 2.23. The molecule has 24 heavy (non-hydrogen) atoms. The number of amidine groups is 1. The number of halogens is 2. The van der Waals surface area contributed by atoms with E-state index in [0.29, 0.717) is 0 Å². The van der Waals surface area contributed by atoms with Gasteiger partial charge < -0.3 is 0 Å². The van der Waals surface area contributed by atoms with Crippen molar-refractivity contribution in [1.82, 2.24) is 0 Å². The highest BCUT2D eigenvalue weighted by atomic mass is 79.9. The number of rotatable bonds is 2. The number of anilines is 2. The molecule has 118 valence electrons. The molecule has 0 aliphatic carbocycles. The van der Waals surface area contributed by atoms with Crippen molar-refractivity contribution < 1.29 is 0 Å². The lowest BCUT2D eigenvalue weighted by Crippen LogP contribution is -2.26. The van der Waals surface area contributed by atoms with Gasteiger partial charge in [-0.2, -0.15) is 0 Å². The predicted molar refractivity (Wildman–Crippen MR) is 108 cm³/mol. The number of aliphatic imine (C=N–C) groups is 1. The van der Waals surface area contributed by atoms with Crippen molar-refractivity contribution in [1.29, 1.82) is 0 Å². The van der Waals surface area contributed by atoms with Crippen LogP contribution < -0.4 is 4.90 Å². The molecule has 0 fully saturated rings. The molecule has 0 aromatic heterocycles. The third-order valence-corrected chi connectivity index (χ3v) is 5.18. The first-order valence-corrected chi connectivity index (χ1v) is 9.27. The molecule has 0 saturated heterocycles. The first kappa shape index (κ1) is 15.6. The smallest absolute Gasteiger partial charge is 0.118 e. The molecule has 1 aliphatic heterocycles. The predicted octanol–water partition coefficient (Wildman–Crippen LogP) is 6.64. The van der Waals surface area contributed by atoms with Gasteiger partial charge in [0.2, 0.25) is 0 Å². The highest BCUT2D eigenvalue weighted by Crippen LogP contribution is 2.38. The molecule has 0 atom stereocenters. The first-order valence-electron chi connectivity index (χ1n) is 7.68. The minimum absolute atomic E-state index is 0.823. The summed E-state index contributed by atoms with van der Waals surface area (Å²) in [6.45, 7) is 0. The van der Waals surface area contributed by atoms with Crippen molar-refractivity contribution in [3.8, 4) is 0 Å². The fourth-order valence-corrected chi connectivity index (χ4v) is 3.68. The average molecular weight is 442 g/mol. The van der Waals surface area contributed by atoms with E-state index in [0.717, 1.165) is 38.3 Å². The fourth-order valence-electron chi connectivity index (χ4n) is 2.91. The maximum absolute atomic E-state index is 4.88. The Morgan fingerprint density at radius 1 is 0.833 bits per heavy atom. The van der Waals surface area contributed by atoms with Gasteiger partial charge in [0.05, 0.1) is 11.4 Å². The fraction of sp³-hybridized carbons (Fsp3) is 0.0500. The summed E-state index contributed by atoms with van der Waals surface area (Å²) in [5.74, 6) is 1.03. The van der Waals surface area contributed by atoms with Crippen molar-refractivity contribution in [2.45, 2.75) is 6.42 Å². The average Bonchev–Trinajstić information content (AvgIpc) is 3.03. The lowest BCUT2D eigenvalue weighted by Gasteiger charge is -2.26. The summed E-state index contributed by atoms with van der Waals surface area (Å²) in [5, 5.41) is 0. The van der Waals surface area contributed by atoms with E-state index >= 15 is 0 Å². The Labute approximate surface area is 158 Å². The zero-order valence-electron chi connectivity index (χ0n) is 12.8. The second kappa shape index (κ2) is 6.54. The topological polar surface area (TPSA) is 15.6 Å². The lowest BCUT2D eigenvalue weighted by molar-refractivity contribution is 1.26. The molecule has 3 aromatic carbocycles. The second-order valence-electron chi connectivity index (χ2n) is 5.60. The van der Waals surface area contributed by atoms with Crippen LogP contribution in [0.1, 0.15) is 5.56 Å². The van der Waals surface area contributed by atoms with Crippen LogP contribution in [-0.2, 0) is 6.42 Å². The van der Waals surface area contributed by atoms with Gasteiger partial charge in [-0.05, 0) is 57.9 Å². The molecule has 4 rings (SSSR count). The standard InChI is InChI=1S/C20H14Br2N2/c21-15-10-11-17(22)19(13-15)24(16-7-2-1-3-8-16)20-12-14-6-4-5-9-18(14)23-20/h1-11,13H,12H2. The SMILES string of the molecule is Brc1ccc(Br)c(N(C2=Nc3ccccc3C2)c2ccccc2)c1. The highest BCUT2D eigenvalue weighted by molar-refractivity contribution is 9.11. The van der Waals surface area contributed by atoms with Gasteiger partial charge in [-0.3, -0.25) is 4.90 Å². The normalized spacial score (nSPS) is 12.7. The van der Waals surface area contributed by atoms with E-state index in [1.165, 1.54) is 5.56 Å². The molecule has 1 heterocycles. The molecule has 1 aliphatic rings. The van der Waals surface area contributed by atoms with E-state index in [1.54, 1.807) is 0 Å². The van der Waals surface area contributed by atoms with Gasteiger partial charge in [-0.25, -0.2) is 4.99 Å². The van der Waals surface area contributed by atoms with Gasteiger partial charge in [0.1, 0.15) is 5.84 Å². The Morgan fingerprint density at radius 2 is 1.58 bits per heavy atom. The number of hydrogen-bond donors (Lipinski definition) is 0. The van der Waals surface area contributed by atoms with Crippen LogP contribution in [0.3, 0.4) is 0 Å². The zero-order chi connectivity index (χ0) is 16.5. The Hall–Kier alpha value is -1.91. The molecule has 0 saturated carbocycles. The van der Waals surface area contributed by atoms with E-state index in [2.05, 4.69) is 91.4 Å². The van der Waals surface area contributed by atoms with E-state index in [9.17, 15) is 0 Å². The van der Waals surface area contributed by atoms with E-state index in [1.807, 2.05) is 18.2 Å². The van der Waals surface area contributed by atoms with Crippen molar-refractivity contribution >= 4 is 54.8 Å². The number of fused-ring (bicyclic) bond motifs is 1. The number of para-hydroxylation sites is 2. The van der Waals surface area contributed by atoms with Crippen LogP contribution >= 0.6 is 31.9 Å². The molecular weight excluding hydrogens is 428 g/mol. The largest absolute Gasteiger partial charge is 0.297 e. The van der Waals surface area contributed by atoms with Crippen LogP contribution in [0.5, 0.6) is 0 Å². The third kappa shape index (κ3) is 2.92. The molecule has 3 aromatic rings. The maximum atomic E-state index is 4.88. The van der Waals surface area contributed by atoms with Crippen LogP contribution in [0.25, 0.3) is 0 Å². The monoisotopic (exact) mass is 440 g/mol. The molecule has 0 N–H and O–H groups in total. The summed E-state index contributed by atoms with van der Waals surface area (Å²) in [7, 11) is 0. The Morgan fingerprint density at radius 3 is 2.38 bits per heavy atom. The van der Waals surface area contributed by atoms with Gasteiger partial charge in [-0.15, -0.1) is 0 Å².